The van der Waals surface area contributed by atoms with E-state index >= 15 is 0 Å². The summed E-state index contributed by atoms with van der Waals surface area (Å²) in [5.74, 6) is 0.296. The molecule has 7 heteroatoms. The molecular formula is C13H15Cl2N3O2. The van der Waals surface area contributed by atoms with Gasteiger partial charge in [0.15, 0.2) is 10.3 Å². The highest BCUT2D eigenvalue weighted by molar-refractivity contribution is 6.34. The van der Waals surface area contributed by atoms with E-state index in [0.29, 0.717) is 24.1 Å². The SMILES string of the molecule is O=C(c1cc(Cl)nnc1Cl)N(CC1CCOC1)C1CC1. The van der Waals surface area contributed by atoms with Crippen molar-refractivity contribution >= 4 is 29.1 Å². The lowest BCUT2D eigenvalue weighted by molar-refractivity contribution is 0.0706. The fraction of sp³-hybridized carbons (Fsp3) is 0.615. The van der Waals surface area contributed by atoms with Crippen molar-refractivity contribution in [2.45, 2.75) is 25.3 Å². The molecule has 0 spiro atoms. The molecule has 0 radical (unpaired) electrons. The molecular weight excluding hydrogens is 301 g/mol. The van der Waals surface area contributed by atoms with E-state index in [-0.39, 0.29) is 16.2 Å². The Hall–Kier alpha value is -0.910. The monoisotopic (exact) mass is 315 g/mol. The van der Waals surface area contributed by atoms with E-state index in [1.165, 1.54) is 6.07 Å². The van der Waals surface area contributed by atoms with Gasteiger partial charge in [0.2, 0.25) is 0 Å². The molecule has 1 aromatic rings. The number of carbonyl (C=O) groups excluding carboxylic acids is 1. The summed E-state index contributed by atoms with van der Waals surface area (Å²) < 4.78 is 5.38. The zero-order valence-electron chi connectivity index (χ0n) is 10.9. The summed E-state index contributed by atoms with van der Waals surface area (Å²) in [5, 5.41) is 7.63. The summed E-state index contributed by atoms with van der Waals surface area (Å²) in [6.07, 6.45) is 3.09. The van der Waals surface area contributed by atoms with Crippen molar-refractivity contribution in [1.29, 1.82) is 0 Å². The Morgan fingerprint density at radius 2 is 2.15 bits per heavy atom. The molecule has 1 aliphatic heterocycles. The quantitative estimate of drug-likeness (QED) is 0.856. The normalized spacial score (nSPS) is 22.0. The minimum Gasteiger partial charge on any atom is -0.381 e. The van der Waals surface area contributed by atoms with Gasteiger partial charge in [-0.05, 0) is 25.3 Å². The summed E-state index contributed by atoms with van der Waals surface area (Å²) in [6.45, 7) is 2.21. The number of hydrogen-bond acceptors (Lipinski definition) is 4. The van der Waals surface area contributed by atoms with Crippen LogP contribution in [0.25, 0.3) is 0 Å². The van der Waals surface area contributed by atoms with Crippen LogP contribution in [-0.4, -0.2) is 46.8 Å². The van der Waals surface area contributed by atoms with Gasteiger partial charge in [0.05, 0.1) is 12.2 Å². The number of rotatable bonds is 4. The highest BCUT2D eigenvalue weighted by Gasteiger charge is 2.36. The van der Waals surface area contributed by atoms with Gasteiger partial charge in [-0.15, -0.1) is 10.2 Å². The van der Waals surface area contributed by atoms with Crippen molar-refractivity contribution in [1.82, 2.24) is 15.1 Å². The number of hydrogen-bond donors (Lipinski definition) is 0. The third kappa shape index (κ3) is 3.05. The molecule has 1 aliphatic carbocycles. The van der Waals surface area contributed by atoms with Gasteiger partial charge in [-0.25, -0.2) is 0 Å². The summed E-state index contributed by atoms with van der Waals surface area (Å²) in [7, 11) is 0. The van der Waals surface area contributed by atoms with Crippen LogP contribution in [0.3, 0.4) is 0 Å². The van der Waals surface area contributed by atoms with Crippen molar-refractivity contribution in [2.75, 3.05) is 19.8 Å². The molecule has 0 N–H and O–H groups in total. The van der Waals surface area contributed by atoms with Crippen LogP contribution in [0.15, 0.2) is 6.07 Å². The largest absolute Gasteiger partial charge is 0.381 e. The number of carbonyl (C=O) groups is 1. The lowest BCUT2D eigenvalue weighted by Gasteiger charge is -2.25. The van der Waals surface area contributed by atoms with Gasteiger partial charge in [-0.2, -0.15) is 0 Å². The molecule has 1 amide bonds. The first-order valence-electron chi connectivity index (χ1n) is 6.72. The summed E-state index contributed by atoms with van der Waals surface area (Å²) in [6, 6.07) is 1.80. The van der Waals surface area contributed by atoms with Gasteiger partial charge >= 0.3 is 0 Å². The Morgan fingerprint density at radius 1 is 1.35 bits per heavy atom. The van der Waals surface area contributed by atoms with Gasteiger partial charge < -0.3 is 9.64 Å². The Morgan fingerprint density at radius 3 is 2.80 bits per heavy atom. The molecule has 2 heterocycles. The highest BCUT2D eigenvalue weighted by atomic mass is 35.5. The topological polar surface area (TPSA) is 55.3 Å². The Balaban J connectivity index is 1.79. The molecule has 1 aromatic heterocycles. The average molecular weight is 316 g/mol. The van der Waals surface area contributed by atoms with E-state index in [9.17, 15) is 4.79 Å². The Kier molecular flexibility index (Phi) is 4.10. The fourth-order valence-electron chi connectivity index (χ4n) is 2.45. The molecule has 2 aliphatic rings. The van der Waals surface area contributed by atoms with Crippen LogP contribution in [-0.2, 0) is 4.74 Å². The maximum absolute atomic E-state index is 12.7. The molecule has 1 atom stereocenters. The average Bonchev–Trinajstić information content (AvgIpc) is 3.15. The Labute approximate surface area is 127 Å². The molecule has 1 saturated carbocycles. The number of aromatic nitrogens is 2. The zero-order valence-corrected chi connectivity index (χ0v) is 12.4. The summed E-state index contributed by atoms with van der Waals surface area (Å²) in [5.41, 5.74) is 0.331. The van der Waals surface area contributed by atoms with Gasteiger partial charge in [0.1, 0.15) is 0 Å². The van der Waals surface area contributed by atoms with Crippen molar-refractivity contribution in [3.63, 3.8) is 0 Å². The first-order chi connectivity index (χ1) is 9.65. The molecule has 0 bridgehead atoms. The number of ether oxygens (including phenoxy) is 1. The molecule has 1 saturated heterocycles. The number of halogens is 2. The van der Waals surface area contributed by atoms with Gasteiger partial charge in [0, 0.05) is 25.1 Å². The standard InChI is InChI=1S/C13H15Cl2N3O2/c14-11-5-10(12(15)17-16-11)13(19)18(9-1-2-9)6-8-3-4-20-7-8/h5,8-9H,1-4,6-7H2. The smallest absolute Gasteiger partial charge is 0.257 e. The first kappa shape index (κ1) is 14.0. The maximum atomic E-state index is 12.7. The van der Waals surface area contributed by atoms with E-state index in [1.54, 1.807) is 0 Å². The van der Waals surface area contributed by atoms with Crippen LogP contribution in [0.2, 0.25) is 10.3 Å². The summed E-state index contributed by atoms with van der Waals surface area (Å²) in [4.78, 5) is 14.5. The van der Waals surface area contributed by atoms with Gasteiger partial charge in [0.25, 0.3) is 5.91 Å². The second kappa shape index (κ2) is 5.84. The van der Waals surface area contributed by atoms with Crippen LogP contribution >= 0.6 is 23.2 Å². The molecule has 2 fully saturated rings. The first-order valence-corrected chi connectivity index (χ1v) is 7.48. The third-order valence-electron chi connectivity index (χ3n) is 3.68. The van der Waals surface area contributed by atoms with Crippen LogP contribution in [0.4, 0.5) is 0 Å². The lowest BCUT2D eigenvalue weighted by atomic mass is 10.1. The van der Waals surface area contributed by atoms with E-state index < -0.39 is 0 Å². The lowest BCUT2D eigenvalue weighted by Crippen LogP contribution is -2.37. The minimum atomic E-state index is -0.110. The van der Waals surface area contributed by atoms with E-state index in [0.717, 1.165) is 32.5 Å². The van der Waals surface area contributed by atoms with Gasteiger partial charge in [-0.3, -0.25) is 4.79 Å². The zero-order chi connectivity index (χ0) is 14.1. The summed E-state index contributed by atoms with van der Waals surface area (Å²) >= 11 is 11.8. The van der Waals surface area contributed by atoms with Crippen LogP contribution in [0.5, 0.6) is 0 Å². The third-order valence-corrected chi connectivity index (χ3v) is 4.14. The molecule has 1 unspecified atom stereocenters. The van der Waals surface area contributed by atoms with Gasteiger partial charge in [-0.1, -0.05) is 23.2 Å². The maximum Gasteiger partial charge on any atom is 0.257 e. The second-order valence-corrected chi connectivity index (χ2v) is 6.04. The molecule has 0 aromatic carbocycles. The van der Waals surface area contributed by atoms with Crippen molar-refractivity contribution in [3.8, 4) is 0 Å². The van der Waals surface area contributed by atoms with Crippen LogP contribution in [0, 0.1) is 5.92 Å². The molecule has 3 rings (SSSR count). The Bertz CT molecular complexity index is 516. The van der Waals surface area contributed by atoms with Crippen LogP contribution in [0.1, 0.15) is 29.6 Å². The second-order valence-electron chi connectivity index (χ2n) is 5.29. The van der Waals surface area contributed by atoms with Crippen LogP contribution < -0.4 is 0 Å². The van der Waals surface area contributed by atoms with E-state index in [2.05, 4.69) is 10.2 Å². The minimum absolute atomic E-state index is 0.104. The van der Waals surface area contributed by atoms with Crippen molar-refractivity contribution < 1.29 is 9.53 Å². The van der Waals surface area contributed by atoms with Crippen molar-refractivity contribution in [2.24, 2.45) is 5.92 Å². The molecule has 108 valence electrons. The predicted octanol–water partition coefficient (Wildman–Crippen LogP) is 2.42. The fourth-order valence-corrected chi connectivity index (χ4v) is 2.77. The van der Waals surface area contributed by atoms with Crippen molar-refractivity contribution in [3.05, 3.63) is 21.9 Å². The molecule has 5 nitrogen and oxygen atoms in total. The van der Waals surface area contributed by atoms with E-state index in [4.69, 9.17) is 27.9 Å². The number of nitrogens with zero attached hydrogens (tertiary/aromatic N) is 3. The van der Waals surface area contributed by atoms with E-state index in [1.807, 2.05) is 4.90 Å². The molecule has 20 heavy (non-hydrogen) atoms. The number of amides is 1. The predicted molar refractivity (Wildman–Crippen MR) is 75.0 cm³/mol. The highest BCUT2D eigenvalue weighted by Crippen LogP contribution is 2.31.